The van der Waals surface area contributed by atoms with Crippen molar-refractivity contribution in [2.24, 2.45) is 9.54 Å². The summed E-state index contributed by atoms with van der Waals surface area (Å²) in [6, 6.07) is 8.56. The number of nitrogens with two attached hydrogens (primary N) is 1. The van der Waals surface area contributed by atoms with Gasteiger partial charge in [-0.3, -0.25) is 9.93 Å². The molecule has 2 aromatic rings. The maximum absolute atomic E-state index is 12.2. The molecule has 1 aromatic carbocycles. The average molecular weight is 418 g/mol. The molecule has 0 saturated heterocycles. The summed E-state index contributed by atoms with van der Waals surface area (Å²) in [5, 5.41) is 22.4. The zero-order valence-corrected chi connectivity index (χ0v) is 17.8. The molecule has 2 rings (SSSR count). The van der Waals surface area contributed by atoms with Crippen LogP contribution in [0.2, 0.25) is 0 Å². The molecule has 0 fully saturated rings. The molecule has 0 spiro atoms. The molecule has 156 valence electrons. The molecule has 9 heteroatoms. The largest absolute Gasteiger partial charge is 0.505 e. The normalized spacial score (nSPS) is 12.4. The van der Waals surface area contributed by atoms with E-state index in [1.807, 2.05) is 26.0 Å². The Morgan fingerprint density at radius 3 is 2.66 bits per heavy atom. The second kappa shape index (κ2) is 10.0. The number of nitrogens with one attached hydrogen (secondary N) is 2. The number of aryl methyl sites for hydroxylation is 1. The van der Waals surface area contributed by atoms with Gasteiger partial charge in [0.25, 0.3) is 5.91 Å². The fourth-order valence-corrected chi connectivity index (χ4v) is 2.95. The molecule has 0 radical (unpaired) electrons. The number of carbonyl (C=O) groups is 1. The third-order valence-corrected chi connectivity index (χ3v) is 4.50. The monoisotopic (exact) mass is 417 g/mol. The molecule has 0 aliphatic rings. The highest BCUT2D eigenvalue weighted by Gasteiger charge is 2.19. The Kier molecular flexibility index (Phi) is 7.74. The van der Waals surface area contributed by atoms with E-state index in [2.05, 4.69) is 21.6 Å². The number of furan rings is 1. The second-order valence-corrected chi connectivity index (χ2v) is 7.00. The van der Waals surface area contributed by atoms with E-state index in [-0.39, 0.29) is 23.3 Å². The first kappa shape index (κ1) is 22.4. The molecule has 1 amide bonds. The lowest BCUT2D eigenvalue weighted by Crippen LogP contribution is -2.28. The van der Waals surface area contributed by atoms with Crippen LogP contribution in [0, 0.1) is 6.92 Å². The minimum atomic E-state index is -0.311. The summed E-state index contributed by atoms with van der Waals surface area (Å²) < 4.78 is 9.86. The topological polar surface area (TPSA) is 116 Å². The summed E-state index contributed by atoms with van der Waals surface area (Å²) in [4.78, 5) is 13.6. The van der Waals surface area contributed by atoms with Crippen molar-refractivity contribution < 1.29 is 14.3 Å². The van der Waals surface area contributed by atoms with Gasteiger partial charge in [-0.25, -0.2) is 0 Å². The highest BCUT2D eigenvalue weighted by atomic mass is 32.2. The van der Waals surface area contributed by atoms with Crippen molar-refractivity contribution in [3.05, 3.63) is 59.7 Å². The van der Waals surface area contributed by atoms with Gasteiger partial charge in [0.15, 0.2) is 11.6 Å². The molecule has 8 nitrogen and oxygen atoms in total. The number of carbonyl (C=O) groups excluding carboxylic acids is 1. The van der Waals surface area contributed by atoms with Crippen molar-refractivity contribution in [2.45, 2.75) is 26.3 Å². The molecule has 29 heavy (non-hydrogen) atoms. The molecule has 0 unspecified atom stereocenters. The van der Waals surface area contributed by atoms with Crippen LogP contribution in [-0.4, -0.2) is 35.8 Å². The number of benzene rings is 1. The first-order valence-electron chi connectivity index (χ1n) is 9.05. The first-order valence-corrected chi connectivity index (χ1v) is 9.88. The van der Waals surface area contributed by atoms with Gasteiger partial charge in [0.1, 0.15) is 11.5 Å². The van der Waals surface area contributed by atoms with Crippen molar-refractivity contribution in [3.63, 3.8) is 0 Å². The van der Waals surface area contributed by atoms with Gasteiger partial charge in [0.05, 0.1) is 35.1 Å². The zero-order valence-electron chi connectivity index (χ0n) is 17.0. The van der Waals surface area contributed by atoms with Gasteiger partial charge in [0, 0.05) is 14.1 Å². The summed E-state index contributed by atoms with van der Waals surface area (Å²) in [5.41, 5.74) is 0.957. The lowest BCUT2D eigenvalue weighted by Gasteiger charge is -2.20. The van der Waals surface area contributed by atoms with Gasteiger partial charge in [0.2, 0.25) is 0 Å². The maximum atomic E-state index is 12.2. The summed E-state index contributed by atoms with van der Waals surface area (Å²) in [6.07, 6.45) is 0.757. The number of phenolic OH excluding ortho intramolecular Hbond substituents is 1. The smallest absolute Gasteiger partial charge is 0.257 e. The van der Waals surface area contributed by atoms with Crippen molar-refractivity contribution in [1.29, 1.82) is 0 Å². The lowest BCUT2D eigenvalue weighted by molar-refractivity contribution is 0.0824. The van der Waals surface area contributed by atoms with Gasteiger partial charge in [-0.15, -0.1) is 0 Å². The summed E-state index contributed by atoms with van der Waals surface area (Å²) in [7, 11) is 3.24. The van der Waals surface area contributed by atoms with E-state index >= 15 is 0 Å². The molecule has 5 N–H and O–H groups in total. The Hall–Kier alpha value is -2.91. The van der Waals surface area contributed by atoms with Gasteiger partial charge in [-0.05, 0) is 37.6 Å². The minimum Gasteiger partial charge on any atom is -0.505 e. The predicted molar refractivity (Wildman–Crippen MR) is 118 cm³/mol. The van der Waals surface area contributed by atoms with E-state index in [1.165, 1.54) is 4.90 Å². The highest BCUT2D eigenvalue weighted by molar-refractivity contribution is 7.95. The fourth-order valence-electron chi connectivity index (χ4n) is 2.69. The molecule has 0 saturated carbocycles. The number of anilines is 1. The zero-order chi connectivity index (χ0) is 21.6. The summed E-state index contributed by atoms with van der Waals surface area (Å²) >= 11 is 0.758. The Labute approximate surface area is 175 Å². The Morgan fingerprint density at radius 2 is 2.10 bits per heavy atom. The molecule has 1 heterocycles. The van der Waals surface area contributed by atoms with Crippen molar-refractivity contribution in [2.75, 3.05) is 19.4 Å². The molecule has 0 bridgehead atoms. The number of hydrogen-bond donors (Lipinski definition) is 4. The van der Waals surface area contributed by atoms with Crippen LogP contribution in [0.1, 0.15) is 41.3 Å². The number of nitrogens with zero attached hydrogens (tertiary/aromatic N) is 2. The first-order chi connectivity index (χ1) is 13.8. The van der Waals surface area contributed by atoms with Crippen LogP contribution in [-0.2, 0) is 0 Å². The third kappa shape index (κ3) is 5.55. The van der Waals surface area contributed by atoms with E-state index in [9.17, 15) is 9.90 Å². The number of amidine groups is 1. The molecule has 0 aliphatic heterocycles. The van der Waals surface area contributed by atoms with Crippen molar-refractivity contribution >= 4 is 29.6 Å². The van der Waals surface area contributed by atoms with Crippen LogP contribution in [0.15, 0.2) is 51.4 Å². The minimum absolute atomic E-state index is 0.110. The van der Waals surface area contributed by atoms with Gasteiger partial charge < -0.3 is 25.1 Å². The van der Waals surface area contributed by atoms with Crippen LogP contribution in [0.25, 0.3) is 0 Å². The van der Waals surface area contributed by atoms with Crippen molar-refractivity contribution in [3.8, 4) is 5.75 Å². The van der Waals surface area contributed by atoms with Gasteiger partial charge in [-0.2, -0.15) is 4.40 Å². The van der Waals surface area contributed by atoms with E-state index in [0.717, 1.165) is 30.1 Å². The number of amides is 1. The second-order valence-electron chi connectivity index (χ2n) is 6.60. The average Bonchev–Trinajstić information content (AvgIpc) is 3.12. The SMILES string of the molecule is C=C(N[C@H](CC)c1ccc(C)o1)/C(=N\SN)Nc1cccc(C(=O)N(C)C)c1O. The number of aromatic hydroxyl groups is 1. The predicted octanol–water partition coefficient (Wildman–Crippen LogP) is 3.58. The summed E-state index contributed by atoms with van der Waals surface area (Å²) in [5.74, 6) is 1.44. The summed E-state index contributed by atoms with van der Waals surface area (Å²) in [6.45, 7) is 7.94. The lowest BCUT2D eigenvalue weighted by atomic mass is 10.1. The van der Waals surface area contributed by atoms with Crippen molar-refractivity contribution in [1.82, 2.24) is 10.2 Å². The number of hydrogen-bond acceptors (Lipinski definition) is 7. The standard InChI is InChI=1S/C20H27N5O3S/c1-6-15(17-11-10-12(2)28-17)22-13(3)19(24-29-21)23-16-9-7-8-14(18(16)26)20(27)25(4)5/h7-11,15,22,26H,3,6,21H2,1-2,4-5H3,(H,23,24)/t15-/m1/s1. The number of para-hydroxylation sites is 1. The Balaban J connectivity index is 2.24. The van der Waals surface area contributed by atoms with E-state index in [1.54, 1.807) is 32.3 Å². The maximum Gasteiger partial charge on any atom is 0.257 e. The fraction of sp³-hybridized carbons (Fsp3) is 0.300. The highest BCUT2D eigenvalue weighted by Crippen LogP contribution is 2.29. The molecule has 0 aliphatic carbocycles. The third-order valence-electron chi connectivity index (χ3n) is 4.22. The van der Waals surface area contributed by atoms with Crippen LogP contribution < -0.4 is 15.8 Å². The van der Waals surface area contributed by atoms with Gasteiger partial charge >= 0.3 is 0 Å². The van der Waals surface area contributed by atoms with Crippen LogP contribution in [0.3, 0.4) is 0 Å². The van der Waals surface area contributed by atoms with E-state index in [0.29, 0.717) is 17.2 Å². The van der Waals surface area contributed by atoms with Crippen LogP contribution in [0.4, 0.5) is 5.69 Å². The van der Waals surface area contributed by atoms with E-state index in [4.69, 9.17) is 9.56 Å². The molecule has 1 atom stereocenters. The number of rotatable bonds is 8. The Morgan fingerprint density at radius 1 is 1.38 bits per heavy atom. The van der Waals surface area contributed by atoms with E-state index < -0.39 is 0 Å². The van der Waals surface area contributed by atoms with Crippen LogP contribution >= 0.6 is 12.1 Å². The van der Waals surface area contributed by atoms with Gasteiger partial charge in [-0.1, -0.05) is 19.6 Å². The van der Waals surface area contributed by atoms with Crippen LogP contribution in [0.5, 0.6) is 5.75 Å². The molecular formula is C20H27N5O3S. The number of phenols is 1. The molecular weight excluding hydrogens is 390 g/mol. The molecule has 1 aromatic heterocycles. The quantitative estimate of drug-likeness (QED) is 0.224. The Bertz CT molecular complexity index is 907.